The second kappa shape index (κ2) is 31.8. The van der Waals surface area contributed by atoms with Crippen molar-refractivity contribution >= 4 is 0 Å². The molecule has 1 aliphatic rings. The SMILES string of the molecule is CCCCCCCCCCCCCCCCCC1N(CCCCCCCCCC)C=CN1CCCCCCCCCC. The second-order valence-electron chi connectivity index (χ2n) is 13.9. The van der Waals surface area contributed by atoms with Gasteiger partial charge in [-0.15, -0.1) is 0 Å². The number of hydrogen-bond acceptors (Lipinski definition) is 2. The highest BCUT2D eigenvalue weighted by atomic mass is 15.4. The van der Waals surface area contributed by atoms with Crippen molar-refractivity contribution in [1.82, 2.24) is 9.80 Å². The van der Waals surface area contributed by atoms with Gasteiger partial charge in [0.2, 0.25) is 0 Å². The van der Waals surface area contributed by atoms with Crippen molar-refractivity contribution in [2.75, 3.05) is 13.1 Å². The Labute approximate surface area is 267 Å². The first-order valence-corrected chi connectivity index (χ1v) is 20.0. The van der Waals surface area contributed by atoms with Crippen LogP contribution < -0.4 is 0 Å². The van der Waals surface area contributed by atoms with Gasteiger partial charge in [0.25, 0.3) is 0 Å². The molecular weight excluding hydrogens is 508 g/mol. The molecule has 42 heavy (non-hydrogen) atoms. The molecule has 0 aromatic rings. The van der Waals surface area contributed by atoms with Crippen LogP contribution in [0.5, 0.6) is 0 Å². The summed E-state index contributed by atoms with van der Waals surface area (Å²) >= 11 is 0. The van der Waals surface area contributed by atoms with E-state index in [9.17, 15) is 0 Å². The maximum Gasteiger partial charge on any atom is 0.101 e. The molecule has 0 saturated carbocycles. The predicted octanol–water partition coefficient (Wildman–Crippen LogP) is 13.9. The first-order chi connectivity index (χ1) is 20.8. The van der Waals surface area contributed by atoms with E-state index in [0.29, 0.717) is 6.17 Å². The maximum atomic E-state index is 2.71. The smallest absolute Gasteiger partial charge is 0.101 e. The van der Waals surface area contributed by atoms with Gasteiger partial charge in [0.15, 0.2) is 0 Å². The number of hydrogen-bond donors (Lipinski definition) is 0. The molecule has 0 aliphatic carbocycles. The average molecular weight is 589 g/mol. The Hall–Kier alpha value is -0.660. The van der Waals surface area contributed by atoms with Crippen LogP contribution >= 0.6 is 0 Å². The van der Waals surface area contributed by atoms with E-state index in [1.54, 1.807) is 0 Å². The largest absolute Gasteiger partial charge is 0.356 e. The summed E-state index contributed by atoms with van der Waals surface area (Å²) in [7, 11) is 0. The van der Waals surface area contributed by atoms with Crippen LogP contribution in [0.2, 0.25) is 0 Å². The summed E-state index contributed by atoms with van der Waals surface area (Å²) < 4.78 is 0. The monoisotopic (exact) mass is 589 g/mol. The standard InChI is InChI=1S/C40H80N2/c1-4-7-10-13-16-19-20-21-22-23-24-25-26-29-32-35-40-41(36-33-30-27-17-14-11-8-5-2)38-39-42(40)37-34-31-28-18-15-12-9-6-3/h38-40H,4-37H2,1-3H3. The average Bonchev–Trinajstić information content (AvgIpc) is 3.38. The first kappa shape index (κ1) is 39.4. The van der Waals surface area contributed by atoms with Gasteiger partial charge in [-0.3, -0.25) is 0 Å². The molecular formula is C40H80N2. The van der Waals surface area contributed by atoms with Gasteiger partial charge in [-0.2, -0.15) is 0 Å². The Balaban J connectivity index is 2.18. The third kappa shape index (κ3) is 23.8. The molecule has 2 heteroatoms. The van der Waals surface area contributed by atoms with Crippen molar-refractivity contribution in [2.45, 2.75) is 232 Å². The maximum absolute atomic E-state index is 2.71. The molecule has 1 rings (SSSR count). The Morgan fingerprint density at radius 2 is 0.548 bits per heavy atom. The van der Waals surface area contributed by atoms with Crippen molar-refractivity contribution in [2.24, 2.45) is 0 Å². The van der Waals surface area contributed by atoms with Gasteiger partial charge in [-0.1, -0.05) is 201 Å². The molecule has 0 radical (unpaired) electrons. The van der Waals surface area contributed by atoms with Crippen LogP contribution in [0.15, 0.2) is 12.4 Å². The molecule has 2 nitrogen and oxygen atoms in total. The Morgan fingerprint density at radius 1 is 0.310 bits per heavy atom. The van der Waals surface area contributed by atoms with Gasteiger partial charge in [0.05, 0.1) is 0 Å². The van der Waals surface area contributed by atoms with Gasteiger partial charge in [0.1, 0.15) is 6.17 Å². The van der Waals surface area contributed by atoms with Crippen molar-refractivity contribution in [3.05, 3.63) is 12.4 Å². The van der Waals surface area contributed by atoms with Crippen molar-refractivity contribution in [3.8, 4) is 0 Å². The third-order valence-electron chi connectivity index (χ3n) is 9.82. The van der Waals surface area contributed by atoms with Crippen LogP contribution in [0, 0.1) is 0 Å². The lowest BCUT2D eigenvalue weighted by Gasteiger charge is -2.33. The van der Waals surface area contributed by atoms with Crippen LogP contribution in [0.3, 0.4) is 0 Å². The van der Waals surface area contributed by atoms with E-state index in [1.807, 2.05) is 0 Å². The van der Waals surface area contributed by atoms with Crippen molar-refractivity contribution < 1.29 is 0 Å². The van der Waals surface area contributed by atoms with E-state index in [0.717, 1.165) is 0 Å². The van der Waals surface area contributed by atoms with E-state index >= 15 is 0 Å². The van der Waals surface area contributed by atoms with Gasteiger partial charge < -0.3 is 9.80 Å². The Bertz CT molecular complexity index is 514. The molecule has 1 heterocycles. The number of rotatable bonds is 34. The van der Waals surface area contributed by atoms with Crippen LogP contribution in [0.25, 0.3) is 0 Å². The summed E-state index contributed by atoms with van der Waals surface area (Å²) in [4.78, 5) is 5.43. The van der Waals surface area contributed by atoms with Gasteiger partial charge >= 0.3 is 0 Å². The summed E-state index contributed by atoms with van der Waals surface area (Å²) in [6.45, 7) is 9.48. The quantitative estimate of drug-likeness (QED) is 0.0690. The lowest BCUT2D eigenvalue weighted by Crippen LogP contribution is -2.39. The molecule has 0 unspecified atom stereocenters. The number of nitrogens with zero attached hydrogens (tertiary/aromatic N) is 2. The lowest BCUT2D eigenvalue weighted by molar-refractivity contribution is 0.135. The molecule has 0 saturated heterocycles. The van der Waals surface area contributed by atoms with E-state index < -0.39 is 0 Å². The fraction of sp³-hybridized carbons (Fsp3) is 0.950. The summed E-state index contributed by atoms with van der Waals surface area (Å²) in [5, 5.41) is 0. The molecule has 0 spiro atoms. The summed E-state index contributed by atoms with van der Waals surface area (Å²) in [6.07, 6.45) is 51.4. The van der Waals surface area contributed by atoms with E-state index in [1.165, 1.54) is 219 Å². The minimum absolute atomic E-state index is 0.640. The molecule has 0 bridgehead atoms. The van der Waals surface area contributed by atoms with Gasteiger partial charge in [-0.25, -0.2) is 0 Å². The highest BCUT2D eigenvalue weighted by molar-refractivity contribution is 4.97. The second-order valence-corrected chi connectivity index (χ2v) is 13.9. The van der Waals surface area contributed by atoms with Crippen molar-refractivity contribution in [3.63, 3.8) is 0 Å². The lowest BCUT2D eigenvalue weighted by atomic mass is 10.0. The van der Waals surface area contributed by atoms with Crippen LogP contribution in [0.1, 0.15) is 226 Å². The molecule has 0 amide bonds. The fourth-order valence-corrected chi connectivity index (χ4v) is 6.89. The molecule has 0 fully saturated rings. The highest BCUT2D eigenvalue weighted by Crippen LogP contribution is 2.24. The molecule has 0 atom stereocenters. The topological polar surface area (TPSA) is 6.48 Å². The van der Waals surface area contributed by atoms with Crippen LogP contribution in [0.4, 0.5) is 0 Å². The van der Waals surface area contributed by atoms with E-state index in [-0.39, 0.29) is 0 Å². The molecule has 0 N–H and O–H groups in total. The summed E-state index contributed by atoms with van der Waals surface area (Å²) in [5.74, 6) is 0. The normalized spacial score (nSPS) is 13.7. The van der Waals surface area contributed by atoms with Crippen molar-refractivity contribution in [1.29, 1.82) is 0 Å². The van der Waals surface area contributed by atoms with Gasteiger partial charge in [-0.05, 0) is 25.7 Å². The highest BCUT2D eigenvalue weighted by Gasteiger charge is 2.24. The van der Waals surface area contributed by atoms with Crippen LogP contribution in [-0.2, 0) is 0 Å². The number of unbranched alkanes of at least 4 members (excludes halogenated alkanes) is 28. The summed E-state index contributed by atoms with van der Waals surface area (Å²) in [5.41, 5.74) is 0. The fourth-order valence-electron chi connectivity index (χ4n) is 6.89. The van der Waals surface area contributed by atoms with E-state index in [2.05, 4.69) is 43.0 Å². The first-order valence-electron chi connectivity index (χ1n) is 20.0. The minimum atomic E-state index is 0.640. The molecule has 1 aliphatic heterocycles. The molecule has 0 aromatic heterocycles. The molecule has 250 valence electrons. The summed E-state index contributed by atoms with van der Waals surface area (Å²) in [6, 6.07) is 0. The zero-order valence-electron chi connectivity index (χ0n) is 29.7. The van der Waals surface area contributed by atoms with E-state index in [4.69, 9.17) is 0 Å². The molecule has 0 aromatic carbocycles. The van der Waals surface area contributed by atoms with Crippen LogP contribution in [-0.4, -0.2) is 29.1 Å². The minimum Gasteiger partial charge on any atom is -0.356 e. The third-order valence-corrected chi connectivity index (χ3v) is 9.82. The predicted molar refractivity (Wildman–Crippen MR) is 191 cm³/mol. The zero-order valence-corrected chi connectivity index (χ0v) is 29.7. The van der Waals surface area contributed by atoms with Gasteiger partial charge in [0, 0.05) is 25.5 Å². The Morgan fingerprint density at radius 3 is 0.833 bits per heavy atom. The Kier molecular flexibility index (Phi) is 29.8. The zero-order chi connectivity index (χ0) is 30.2.